The first kappa shape index (κ1) is 16.8. The van der Waals surface area contributed by atoms with Crippen LogP contribution in [0.15, 0.2) is 0 Å². The van der Waals surface area contributed by atoms with E-state index in [1.807, 2.05) is 0 Å². The molecule has 0 unspecified atom stereocenters. The van der Waals surface area contributed by atoms with Gasteiger partial charge in [-0.1, -0.05) is 4.48 Å². The van der Waals surface area contributed by atoms with Crippen LogP contribution in [0, 0.1) is 0 Å². The van der Waals surface area contributed by atoms with Gasteiger partial charge in [0.2, 0.25) is 0 Å². The Morgan fingerprint density at radius 1 is 1.05 bits per heavy atom. The molecule has 0 bridgehead atoms. The first-order valence-electron chi connectivity index (χ1n) is 6.52. The van der Waals surface area contributed by atoms with Gasteiger partial charge < -0.3 is 14.8 Å². The Morgan fingerprint density at radius 2 is 1.45 bits per heavy atom. The van der Waals surface area contributed by atoms with Crippen molar-refractivity contribution in [2.45, 2.75) is 52.7 Å². The van der Waals surface area contributed by atoms with E-state index in [1.54, 1.807) is 41.5 Å². The molecule has 0 atom stereocenters. The Hall–Kier alpha value is -1.21. The minimum Gasteiger partial charge on any atom is -0.414 e. The van der Waals surface area contributed by atoms with E-state index in [9.17, 15) is 9.59 Å². The molecule has 0 spiro atoms. The summed E-state index contributed by atoms with van der Waals surface area (Å²) in [6, 6.07) is 0. The second-order valence-corrected chi connectivity index (χ2v) is 7.11. The lowest BCUT2D eigenvalue weighted by molar-refractivity contribution is -0.682. The Balaban J connectivity index is 3.09. The SMILES string of the molecule is CC(C)(C)OC(=O)[N+]1(C(=O)OC(C)(C)C)CCNC1=S. The molecule has 7 heteroatoms. The van der Waals surface area contributed by atoms with E-state index in [2.05, 4.69) is 5.32 Å². The molecule has 0 aromatic rings. The maximum Gasteiger partial charge on any atom is 0.534 e. The topological polar surface area (TPSA) is 64.6 Å². The number of ether oxygens (including phenoxy) is 2. The largest absolute Gasteiger partial charge is 0.534 e. The normalized spacial score (nSPS) is 18.4. The zero-order chi connectivity index (χ0) is 15.8. The number of hydrogen-bond donors (Lipinski definition) is 1. The van der Waals surface area contributed by atoms with Crippen LogP contribution < -0.4 is 5.32 Å². The third-order valence-corrected chi connectivity index (χ3v) is 2.94. The number of nitrogens with one attached hydrogen (secondary N) is 1. The predicted octanol–water partition coefficient (Wildman–Crippen LogP) is 2.56. The minimum absolute atomic E-state index is 0.119. The second-order valence-electron chi connectivity index (χ2n) is 6.73. The molecule has 1 N–H and O–H groups in total. The average Bonchev–Trinajstić information content (AvgIpc) is 2.55. The van der Waals surface area contributed by atoms with Crippen molar-refractivity contribution < 1.29 is 23.5 Å². The highest BCUT2D eigenvalue weighted by atomic mass is 32.1. The van der Waals surface area contributed by atoms with Crippen LogP contribution in [0.3, 0.4) is 0 Å². The van der Waals surface area contributed by atoms with E-state index < -0.39 is 27.9 Å². The molecule has 1 heterocycles. The molecule has 1 aliphatic heterocycles. The van der Waals surface area contributed by atoms with Crippen LogP contribution in [0.5, 0.6) is 0 Å². The van der Waals surface area contributed by atoms with Crippen molar-refractivity contribution in [1.82, 2.24) is 5.32 Å². The van der Waals surface area contributed by atoms with Crippen LogP contribution in [0.25, 0.3) is 0 Å². The molecular formula is C13H23N2O4S+. The van der Waals surface area contributed by atoms with Crippen molar-refractivity contribution >= 4 is 29.5 Å². The van der Waals surface area contributed by atoms with Crippen LogP contribution in [0.1, 0.15) is 41.5 Å². The molecule has 114 valence electrons. The molecule has 0 aliphatic carbocycles. The summed E-state index contributed by atoms with van der Waals surface area (Å²) < 4.78 is 9.94. The van der Waals surface area contributed by atoms with Crippen LogP contribution in [0.4, 0.5) is 9.59 Å². The molecule has 1 aliphatic rings. The first-order valence-corrected chi connectivity index (χ1v) is 6.93. The van der Waals surface area contributed by atoms with Gasteiger partial charge in [0, 0.05) is 12.2 Å². The predicted molar refractivity (Wildman–Crippen MR) is 78.2 cm³/mol. The molecule has 1 saturated heterocycles. The lowest BCUT2D eigenvalue weighted by Crippen LogP contribution is -2.61. The lowest BCUT2D eigenvalue weighted by atomic mass is 10.2. The summed E-state index contributed by atoms with van der Waals surface area (Å²) in [5.74, 6) is 0. The third kappa shape index (κ3) is 3.67. The zero-order valence-corrected chi connectivity index (χ0v) is 13.7. The lowest BCUT2D eigenvalue weighted by Gasteiger charge is -2.30. The van der Waals surface area contributed by atoms with Crippen LogP contribution in [-0.4, -0.2) is 46.1 Å². The summed E-state index contributed by atoms with van der Waals surface area (Å²) in [7, 11) is 0. The van der Waals surface area contributed by atoms with E-state index in [0.717, 1.165) is 0 Å². The third-order valence-electron chi connectivity index (χ3n) is 2.48. The molecular weight excluding hydrogens is 280 g/mol. The number of thiocarbonyl (C=S) groups is 1. The summed E-state index contributed by atoms with van der Waals surface area (Å²) in [6.45, 7) is 11.1. The monoisotopic (exact) mass is 303 g/mol. The molecule has 1 fully saturated rings. The van der Waals surface area contributed by atoms with Crippen molar-refractivity contribution in [2.75, 3.05) is 13.1 Å². The van der Waals surface area contributed by atoms with Gasteiger partial charge in [-0.05, 0) is 41.5 Å². The van der Waals surface area contributed by atoms with E-state index in [0.29, 0.717) is 6.54 Å². The van der Waals surface area contributed by atoms with E-state index in [-0.39, 0.29) is 11.7 Å². The van der Waals surface area contributed by atoms with Crippen molar-refractivity contribution in [3.05, 3.63) is 0 Å². The van der Waals surface area contributed by atoms with Gasteiger partial charge in [0.05, 0.1) is 6.54 Å². The van der Waals surface area contributed by atoms with Gasteiger partial charge in [0.1, 0.15) is 17.7 Å². The molecule has 0 saturated carbocycles. The van der Waals surface area contributed by atoms with Crippen LogP contribution in [0.2, 0.25) is 0 Å². The van der Waals surface area contributed by atoms with Crippen molar-refractivity contribution in [3.8, 4) is 0 Å². The van der Waals surface area contributed by atoms with E-state index in [1.165, 1.54) is 0 Å². The summed E-state index contributed by atoms with van der Waals surface area (Å²) in [5, 5.41) is 2.96. The molecule has 6 nitrogen and oxygen atoms in total. The Morgan fingerprint density at radius 3 is 1.70 bits per heavy atom. The summed E-state index contributed by atoms with van der Waals surface area (Å²) in [5.41, 5.74) is -1.41. The Bertz CT molecular complexity index is 407. The summed E-state index contributed by atoms with van der Waals surface area (Å²) in [4.78, 5) is 24.9. The van der Waals surface area contributed by atoms with E-state index in [4.69, 9.17) is 21.7 Å². The van der Waals surface area contributed by atoms with Crippen molar-refractivity contribution in [2.24, 2.45) is 0 Å². The van der Waals surface area contributed by atoms with Gasteiger partial charge >= 0.3 is 12.2 Å². The van der Waals surface area contributed by atoms with Crippen molar-refractivity contribution in [3.63, 3.8) is 0 Å². The highest BCUT2D eigenvalue weighted by molar-refractivity contribution is 7.80. The molecule has 0 radical (unpaired) electrons. The maximum atomic E-state index is 12.4. The highest BCUT2D eigenvalue weighted by Gasteiger charge is 2.58. The van der Waals surface area contributed by atoms with Gasteiger partial charge in [-0.3, -0.25) is 0 Å². The molecule has 1 rings (SSSR count). The fourth-order valence-electron chi connectivity index (χ4n) is 1.67. The van der Waals surface area contributed by atoms with Gasteiger partial charge in [0.25, 0.3) is 5.11 Å². The average molecular weight is 303 g/mol. The number of carbonyl (C=O) groups is 2. The van der Waals surface area contributed by atoms with E-state index >= 15 is 0 Å². The number of quaternary nitrogens is 1. The maximum absolute atomic E-state index is 12.4. The number of nitrogens with zero attached hydrogens (tertiary/aromatic N) is 1. The number of carbonyl (C=O) groups excluding carboxylic acids is 2. The van der Waals surface area contributed by atoms with Gasteiger partial charge in [0.15, 0.2) is 0 Å². The number of amides is 2. The van der Waals surface area contributed by atoms with Crippen LogP contribution >= 0.6 is 12.2 Å². The molecule has 20 heavy (non-hydrogen) atoms. The fraction of sp³-hybridized carbons (Fsp3) is 0.769. The first-order chi connectivity index (χ1) is 8.88. The number of hydrogen-bond acceptors (Lipinski definition) is 5. The quantitative estimate of drug-likeness (QED) is 0.548. The summed E-state index contributed by atoms with van der Waals surface area (Å²) >= 11 is 5.14. The summed E-state index contributed by atoms with van der Waals surface area (Å²) in [6.07, 6.45) is -1.41. The second kappa shape index (κ2) is 5.29. The Labute approximate surface area is 125 Å². The van der Waals surface area contributed by atoms with Gasteiger partial charge in [-0.25, -0.2) is 0 Å². The van der Waals surface area contributed by atoms with Crippen molar-refractivity contribution in [1.29, 1.82) is 0 Å². The molecule has 0 aromatic heterocycles. The van der Waals surface area contributed by atoms with Crippen LogP contribution in [-0.2, 0) is 9.47 Å². The van der Waals surface area contributed by atoms with Gasteiger partial charge in [-0.15, -0.1) is 0 Å². The Kier molecular flexibility index (Phi) is 4.46. The van der Waals surface area contributed by atoms with Gasteiger partial charge in [-0.2, -0.15) is 9.59 Å². The minimum atomic E-state index is -0.732. The molecule has 0 aromatic carbocycles. The molecule has 2 amide bonds. The highest BCUT2D eigenvalue weighted by Crippen LogP contribution is 2.24. The zero-order valence-electron chi connectivity index (χ0n) is 12.9. The smallest absolute Gasteiger partial charge is 0.414 e. The fourth-order valence-corrected chi connectivity index (χ4v) is 2.01. The number of imide groups is 1. The number of rotatable bonds is 0. The standard InChI is InChI=1S/C13H22N2O4S/c1-12(2,3)18-10(16)15(8-7-14-9(15)20)11(17)19-13(4,5)6/h7-8H2,1-6H3/p+1.